The SMILES string of the molecule is NC(=O)NC(c1ccccc1)C(NC(=O)Nc1ccc(C(F)(F)F)cc1)c1ccccc1. The standard InChI is InChI=1S/C23H21F3N4O2/c24-23(25,26)17-11-13-18(14-12-17)28-22(32)30-20(16-9-5-2-6-10-16)19(29-21(27)31)15-7-3-1-4-8-15/h1-14,19-20H,(H3,27,29,31)(H2,28,30,32). The molecule has 166 valence electrons. The van der Waals surface area contributed by atoms with E-state index in [1.54, 1.807) is 48.5 Å². The summed E-state index contributed by atoms with van der Waals surface area (Å²) in [5, 5.41) is 7.97. The van der Waals surface area contributed by atoms with E-state index in [0.717, 1.165) is 24.3 Å². The molecule has 5 N–H and O–H groups in total. The van der Waals surface area contributed by atoms with Crippen molar-refractivity contribution in [2.75, 3.05) is 5.32 Å². The number of primary amides is 1. The van der Waals surface area contributed by atoms with Crippen LogP contribution in [0.15, 0.2) is 84.9 Å². The maximum Gasteiger partial charge on any atom is 0.416 e. The number of urea groups is 2. The Morgan fingerprint density at radius 3 is 1.62 bits per heavy atom. The van der Waals surface area contributed by atoms with Crippen molar-refractivity contribution >= 4 is 17.7 Å². The minimum absolute atomic E-state index is 0.182. The summed E-state index contributed by atoms with van der Waals surface area (Å²) in [6.45, 7) is 0. The van der Waals surface area contributed by atoms with Crippen molar-refractivity contribution in [2.45, 2.75) is 18.3 Å². The number of hydrogen-bond acceptors (Lipinski definition) is 2. The van der Waals surface area contributed by atoms with E-state index in [2.05, 4.69) is 16.0 Å². The molecule has 4 amide bonds. The molecule has 32 heavy (non-hydrogen) atoms. The molecule has 0 radical (unpaired) electrons. The monoisotopic (exact) mass is 442 g/mol. The lowest BCUT2D eigenvalue weighted by atomic mass is 9.93. The Labute approximate surface area is 182 Å². The fraction of sp³-hybridized carbons (Fsp3) is 0.130. The third-order valence-electron chi connectivity index (χ3n) is 4.71. The zero-order valence-corrected chi connectivity index (χ0v) is 16.8. The highest BCUT2D eigenvalue weighted by Crippen LogP contribution is 2.31. The maximum absolute atomic E-state index is 12.8. The van der Waals surface area contributed by atoms with E-state index in [4.69, 9.17) is 5.73 Å². The van der Waals surface area contributed by atoms with Crippen LogP contribution in [0.4, 0.5) is 28.4 Å². The lowest BCUT2D eigenvalue weighted by molar-refractivity contribution is -0.137. The average molecular weight is 442 g/mol. The Morgan fingerprint density at radius 2 is 1.19 bits per heavy atom. The van der Waals surface area contributed by atoms with E-state index in [-0.39, 0.29) is 5.69 Å². The zero-order valence-electron chi connectivity index (χ0n) is 16.8. The number of alkyl halides is 3. The van der Waals surface area contributed by atoms with Crippen LogP contribution in [0.3, 0.4) is 0 Å². The number of carbonyl (C=O) groups is 2. The van der Waals surface area contributed by atoms with Crippen molar-refractivity contribution in [3.63, 3.8) is 0 Å². The van der Waals surface area contributed by atoms with Gasteiger partial charge in [0.15, 0.2) is 0 Å². The van der Waals surface area contributed by atoms with Gasteiger partial charge >= 0.3 is 18.2 Å². The molecular formula is C23H21F3N4O2. The van der Waals surface area contributed by atoms with E-state index in [0.29, 0.717) is 11.1 Å². The normalized spacial score (nSPS) is 13.0. The zero-order chi connectivity index (χ0) is 23.1. The Kier molecular flexibility index (Phi) is 6.99. The molecule has 0 fully saturated rings. The molecule has 0 saturated heterocycles. The lowest BCUT2D eigenvalue weighted by Gasteiger charge is -2.29. The van der Waals surface area contributed by atoms with Crippen LogP contribution in [-0.2, 0) is 6.18 Å². The summed E-state index contributed by atoms with van der Waals surface area (Å²) in [4.78, 5) is 24.4. The molecule has 6 nitrogen and oxygen atoms in total. The highest BCUT2D eigenvalue weighted by Gasteiger charge is 2.30. The smallest absolute Gasteiger partial charge is 0.352 e. The Bertz CT molecular complexity index is 1040. The number of nitrogens with two attached hydrogens (primary N) is 1. The molecule has 0 aliphatic heterocycles. The molecule has 0 heterocycles. The van der Waals surface area contributed by atoms with Crippen LogP contribution in [-0.4, -0.2) is 12.1 Å². The van der Waals surface area contributed by atoms with Crippen LogP contribution < -0.4 is 21.7 Å². The minimum Gasteiger partial charge on any atom is -0.352 e. The van der Waals surface area contributed by atoms with Crippen molar-refractivity contribution in [1.82, 2.24) is 10.6 Å². The van der Waals surface area contributed by atoms with Gasteiger partial charge in [0, 0.05) is 5.69 Å². The van der Waals surface area contributed by atoms with Crippen LogP contribution >= 0.6 is 0 Å². The van der Waals surface area contributed by atoms with E-state index in [1.165, 1.54) is 0 Å². The van der Waals surface area contributed by atoms with Gasteiger partial charge in [-0.2, -0.15) is 13.2 Å². The third kappa shape index (κ3) is 6.00. The first-order chi connectivity index (χ1) is 15.2. The number of amides is 4. The molecule has 3 rings (SSSR count). The van der Waals surface area contributed by atoms with Crippen molar-refractivity contribution in [2.24, 2.45) is 5.73 Å². The van der Waals surface area contributed by atoms with Gasteiger partial charge in [-0.3, -0.25) is 0 Å². The van der Waals surface area contributed by atoms with Crippen molar-refractivity contribution in [3.8, 4) is 0 Å². The molecule has 0 bridgehead atoms. The fourth-order valence-corrected chi connectivity index (χ4v) is 3.24. The molecule has 2 unspecified atom stereocenters. The summed E-state index contributed by atoms with van der Waals surface area (Å²) in [6.07, 6.45) is -4.47. The predicted molar refractivity (Wildman–Crippen MR) is 115 cm³/mol. The number of halogens is 3. The highest BCUT2D eigenvalue weighted by atomic mass is 19.4. The van der Waals surface area contributed by atoms with E-state index >= 15 is 0 Å². The third-order valence-corrected chi connectivity index (χ3v) is 4.71. The molecule has 9 heteroatoms. The molecule has 0 saturated carbocycles. The second-order valence-electron chi connectivity index (χ2n) is 6.96. The van der Waals surface area contributed by atoms with Gasteiger partial charge in [-0.05, 0) is 35.4 Å². The molecule has 3 aromatic carbocycles. The van der Waals surface area contributed by atoms with Crippen LogP contribution in [0.2, 0.25) is 0 Å². The molecule has 0 aliphatic rings. The molecule has 0 aromatic heterocycles. The topological polar surface area (TPSA) is 96.2 Å². The van der Waals surface area contributed by atoms with Gasteiger partial charge in [0.1, 0.15) is 0 Å². The summed E-state index contributed by atoms with van der Waals surface area (Å²) in [5.74, 6) is 0. The van der Waals surface area contributed by atoms with Crippen LogP contribution in [0.1, 0.15) is 28.8 Å². The van der Waals surface area contributed by atoms with Gasteiger partial charge in [-0.25, -0.2) is 9.59 Å². The summed E-state index contributed by atoms with van der Waals surface area (Å²) in [6, 6.07) is 19.1. The number of nitrogens with one attached hydrogen (secondary N) is 3. The Balaban J connectivity index is 1.85. The average Bonchev–Trinajstić information content (AvgIpc) is 2.77. The second-order valence-corrected chi connectivity index (χ2v) is 6.96. The fourth-order valence-electron chi connectivity index (χ4n) is 3.24. The van der Waals surface area contributed by atoms with E-state index < -0.39 is 35.9 Å². The first-order valence-electron chi connectivity index (χ1n) is 9.64. The Morgan fingerprint density at radius 1 is 0.719 bits per heavy atom. The number of anilines is 1. The number of carbonyl (C=O) groups excluding carboxylic acids is 2. The van der Waals surface area contributed by atoms with Crippen molar-refractivity contribution in [1.29, 1.82) is 0 Å². The van der Waals surface area contributed by atoms with Gasteiger partial charge in [0.2, 0.25) is 0 Å². The van der Waals surface area contributed by atoms with Gasteiger partial charge in [0.05, 0.1) is 17.6 Å². The first-order valence-corrected chi connectivity index (χ1v) is 9.64. The molecule has 3 aromatic rings. The van der Waals surface area contributed by atoms with Gasteiger partial charge in [0.25, 0.3) is 0 Å². The lowest BCUT2D eigenvalue weighted by Crippen LogP contribution is -2.43. The number of benzene rings is 3. The summed E-state index contributed by atoms with van der Waals surface area (Å²) in [7, 11) is 0. The predicted octanol–water partition coefficient (Wildman–Crippen LogP) is 4.98. The summed E-state index contributed by atoms with van der Waals surface area (Å²) >= 11 is 0. The van der Waals surface area contributed by atoms with E-state index in [9.17, 15) is 22.8 Å². The molecule has 0 spiro atoms. The molecule has 2 atom stereocenters. The van der Waals surface area contributed by atoms with Gasteiger partial charge in [-0.15, -0.1) is 0 Å². The van der Waals surface area contributed by atoms with Gasteiger partial charge < -0.3 is 21.7 Å². The van der Waals surface area contributed by atoms with Crippen LogP contribution in [0.25, 0.3) is 0 Å². The summed E-state index contributed by atoms with van der Waals surface area (Å²) in [5.41, 5.74) is 6.14. The first kappa shape index (κ1) is 22.7. The highest BCUT2D eigenvalue weighted by molar-refractivity contribution is 5.89. The summed E-state index contributed by atoms with van der Waals surface area (Å²) < 4.78 is 38.3. The molecule has 0 aliphatic carbocycles. The van der Waals surface area contributed by atoms with Crippen molar-refractivity contribution < 1.29 is 22.8 Å². The Hall–Kier alpha value is -4.01. The van der Waals surface area contributed by atoms with Crippen LogP contribution in [0.5, 0.6) is 0 Å². The number of hydrogen-bond donors (Lipinski definition) is 4. The molecular weight excluding hydrogens is 421 g/mol. The maximum atomic E-state index is 12.8. The van der Waals surface area contributed by atoms with Gasteiger partial charge in [-0.1, -0.05) is 60.7 Å². The minimum atomic E-state index is -4.47. The number of rotatable bonds is 6. The van der Waals surface area contributed by atoms with Crippen molar-refractivity contribution in [3.05, 3.63) is 102 Å². The largest absolute Gasteiger partial charge is 0.416 e. The second kappa shape index (κ2) is 9.86. The van der Waals surface area contributed by atoms with E-state index in [1.807, 2.05) is 12.1 Å². The van der Waals surface area contributed by atoms with Crippen LogP contribution in [0, 0.1) is 0 Å². The quantitative estimate of drug-likeness (QED) is 0.433.